The van der Waals surface area contributed by atoms with Crippen LogP contribution in [0.1, 0.15) is 22.9 Å². The lowest BCUT2D eigenvalue weighted by molar-refractivity contribution is 0.704. The minimum Gasteiger partial charge on any atom is -0.324 e. The van der Waals surface area contributed by atoms with Gasteiger partial charge in [0.2, 0.25) is 0 Å². The van der Waals surface area contributed by atoms with Gasteiger partial charge in [0, 0.05) is 23.5 Å². The van der Waals surface area contributed by atoms with Crippen LogP contribution in [0.4, 0.5) is 0 Å². The number of benzene rings is 2. The van der Waals surface area contributed by atoms with Crippen LogP contribution >= 0.6 is 0 Å². The maximum absolute atomic E-state index is 6.33. The third-order valence-corrected chi connectivity index (χ3v) is 3.67. The van der Waals surface area contributed by atoms with Crippen molar-refractivity contribution in [3.8, 4) is 0 Å². The molecule has 0 spiro atoms. The predicted molar refractivity (Wildman–Crippen MR) is 83.6 cm³/mol. The molecule has 2 heteroatoms. The zero-order valence-corrected chi connectivity index (χ0v) is 11.6. The topological polar surface area (TPSA) is 38.9 Å². The Morgan fingerprint density at radius 3 is 2.55 bits per heavy atom. The monoisotopic (exact) mass is 262 g/mol. The second-order valence-electron chi connectivity index (χ2n) is 5.16. The van der Waals surface area contributed by atoms with Crippen molar-refractivity contribution in [1.82, 2.24) is 4.98 Å². The van der Waals surface area contributed by atoms with E-state index in [4.69, 9.17) is 10.7 Å². The Morgan fingerprint density at radius 2 is 1.70 bits per heavy atom. The second-order valence-corrected chi connectivity index (χ2v) is 5.16. The van der Waals surface area contributed by atoms with Gasteiger partial charge in [-0.2, -0.15) is 0 Å². The molecule has 100 valence electrons. The van der Waals surface area contributed by atoms with E-state index in [-0.39, 0.29) is 6.04 Å². The van der Waals surface area contributed by atoms with Crippen LogP contribution in [-0.4, -0.2) is 4.98 Å². The summed E-state index contributed by atoms with van der Waals surface area (Å²) in [5, 5.41) is 1.17. The number of aromatic nitrogens is 1. The average molecular weight is 262 g/mol. The molecule has 3 aromatic rings. The first-order valence-electron chi connectivity index (χ1n) is 6.90. The number of nitrogens with zero attached hydrogens (tertiary/aromatic N) is 1. The molecule has 0 aliphatic heterocycles. The molecule has 0 saturated carbocycles. The molecular formula is C18H18N2. The SMILES string of the molecule is Cc1ccccc1C(N)Cc1ccc2ccccc2n1. The molecule has 0 amide bonds. The smallest absolute Gasteiger partial charge is 0.0705 e. The number of pyridine rings is 1. The summed E-state index contributed by atoms with van der Waals surface area (Å²) in [6.45, 7) is 2.10. The van der Waals surface area contributed by atoms with Crippen molar-refractivity contribution < 1.29 is 0 Å². The molecule has 1 heterocycles. The lowest BCUT2D eigenvalue weighted by Gasteiger charge is -2.14. The number of rotatable bonds is 3. The Bertz CT molecular complexity index is 734. The Morgan fingerprint density at radius 1 is 0.950 bits per heavy atom. The van der Waals surface area contributed by atoms with Gasteiger partial charge < -0.3 is 5.73 Å². The second kappa shape index (κ2) is 5.43. The minimum atomic E-state index is -0.00939. The normalized spacial score (nSPS) is 12.5. The molecule has 0 bridgehead atoms. The lowest BCUT2D eigenvalue weighted by Crippen LogP contribution is -2.15. The molecule has 20 heavy (non-hydrogen) atoms. The molecule has 2 aromatic carbocycles. The zero-order chi connectivity index (χ0) is 13.9. The van der Waals surface area contributed by atoms with E-state index in [2.05, 4.69) is 37.3 Å². The van der Waals surface area contributed by atoms with E-state index in [9.17, 15) is 0 Å². The third-order valence-electron chi connectivity index (χ3n) is 3.67. The molecular weight excluding hydrogens is 244 g/mol. The summed E-state index contributed by atoms with van der Waals surface area (Å²) < 4.78 is 0. The average Bonchev–Trinajstić information content (AvgIpc) is 2.47. The Balaban J connectivity index is 1.87. The molecule has 3 rings (SSSR count). The highest BCUT2D eigenvalue weighted by Gasteiger charge is 2.10. The van der Waals surface area contributed by atoms with Crippen LogP contribution in [0.3, 0.4) is 0 Å². The fourth-order valence-electron chi connectivity index (χ4n) is 2.56. The van der Waals surface area contributed by atoms with Crippen LogP contribution in [0.25, 0.3) is 10.9 Å². The van der Waals surface area contributed by atoms with Crippen LogP contribution < -0.4 is 5.73 Å². The molecule has 0 radical (unpaired) electrons. The van der Waals surface area contributed by atoms with E-state index in [1.165, 1.54) is 16.5 Å². The predicted octanol–water partition coefficient (Wildman–Crippen LogP) is 3.79. The summed E-state index contributed by atoms with van der Waals surface area (Å²) in [6.07, 6.45) is 0.760. The van der Waals surface area contributed by atoms with Gasteiger partial charge in [0.25, 0.3) is 0 Å². The van der Waals surface area contributed by atoms with Crippen molar-refractivity contribution in [2.45, 2.75) is 19.4 Å². The molecule has 1 atom stereocenters. The maximum Gasteiger partial charge on any atom is 0.0705 e. The van der Waals surface area contributed by atoms with E-state index in [0.29, 0.717) is 0 Å². The van der Waals surface area contributed by atoms with Gasteiger partial charge in [0.15, 0.2) is 0 Å². The highest BCUT2D eigenvalue weighted by Crippen LogP contribution is 2.20. The summed E-state index contributed by atoms with van der Waals surface area (Å²) in [4.78, 5) is 4.69. The van der Waals surface area contributed by atoms with Crippen molar-refractivity contribution in [3.63, 3.8) is 0 Å². The van der Waals surface area contributed by atoms with Crippen molar-refractivity contribution in [2.24, 2.45) is 5.73 Å². The summed E-state index contributed by atoms with van der Waals surface area (Å²) in [6, 6.07) is 20.6. The maximum atomic E-state index is 6.33. The summed E-state index contributed by atoms with van der Waals surface area (Å²) in [5.74, 6) is 0. The Labute approximate surface area is 119 Å². The number of hydrogen-bond donors (Lipinski definition) is 1. The van der Waals surface area contributed by atoms with Gasteiger partial charge >= 0.3 is 0 Å². The molecule has 1 unspecified atom stereocenters. The Hall–Kier alpha value is -2.19. The van der Waals surface area contributed by atoms with E-state index in [0.717, 1.165) is 17.6 Å². The minimum absolute atomic E-state index is 0.00939. The van der Waals surface area contributed by atoms with E-state index in [1.807, 2.05) is 30.3 Å². The van der Waals surface area contributed by atoms with Crippen LogP contribution in [0.2, 0.25) is 0 Å². The first-order chi connectivity index (χ1) is 9.74. The molecule has 1 aromatic heterocycles. The Kier molecular flexibility index (Phi) is 3.48. The largest absolute Gasteiger partial charge is 0.324 e. The van der Waals surface area contributed by atoms with Crippen molar-refractivity contribution in [2.75, 3.05) is 0 Å². The van der Waals surface area contributed by atoms with Crippen LogP contribution in [0, 0.1) is 6.92 Å². The molecule has 2 nitrogen and oxygen atoms in total. The van der Waals surface area contributed by atoms with Gasteiger partial charge in [-0.25, -0.2) is 0 Å². The molecule has 0 saturated heterocycles. The number of aryl methyl sites for hydroxylation is 1. The van der Waals surface area contributed by atoms with E-state index in [1.54, 1.807) is 0 Å². The first kappa shape index (κ1) is 12.8. The third kappa shape index (κ3) is 2.56. The van der Waals surface area contributed by atoms with Gasteiger partial charge in [-0.3, -0.25) is 4.98 Å². The van der Waals surface area contributed by atoms with Gasteiger partial charge in [-0.1, -0.05) is 48.5 Å². The highest BCUT2D eigenvalue weighted by atomic mass is 14.7. The van der Waals surface area contributed by atoms with Crippen LogP contribution in [0.15, 0.2) is 60.7 Å². The van der Waals surface area contributed by atoms with Gasteiger partial charge in [0.1, 0.15) is 0 Å². The highest BCUT2D eigenvalue weighted by molar-refractivity contribution is 5.78. The fourth-order valence-corrected chi connectivity index (χ4v) is 2.56. The van der Waals surface area contributed by atoms with Gasteiger partial charge in [-0.15, -0.1) is 0 Å². The quantitative estimate of drug-likeness (QED) is 0.780. The van der Waals surface area contributed by atoms with Crippen molar-refractivity contribution >= 4 is 10.9 Å². The number of fused-ring (bicyclic) bond motifs is 1. The van der Waals surface area contributed by atoms with Gasteiger partial charge in [-0.05, 0) is 30.2 Å². The zero-order valence-electron chi connectivity index (χ0n) is 11.6. The summed E-state index contributed by atoms with van der Waals surface area (Å²) >= 11 is 0. The standard InChI is InChI=1S/C18H18N2/c1-13-6-2-4-8-16(13)17(19)12-15-11-10-14-7-3-5-9-18(14)20-15/h2-11,17H,12,19H2,1H3. The number of nitrogens with two attached hydrogens (primary N) is 1. The fraction of sp³-hybridized carbons (Fsp3) is 0.167. The van der Waals surface area contributed by atoms with Crippen molar-refractivity contribution in [3.05, 3.63) is 77.5 Å². The molecule has 0 fully saturated rings. The van der Waals surface area contributed by atoms with E-state index >= 15 is 0 Å². The summed E-state index contributed by atoms with van der Waals surface area (Å²) in [7, 11) is 0. The molecule has 2 N–H and O–H groups in total. The molecule has 0 aliphatic carbocycles. The van der Waals surface area contributed by atoms with Crippen LogP contribution in [-0.2, 0) is 6.42 Å². The van der Waals surface area contributed by atoms with Crippen LogP contribution in [0.5, 0.6) is 0 Å². The van der Waals surface area contributed by atoms with Crippen molar-refractivity contribution in [1.29, 1.82) is 0 Å². The first-order valence-corrected chi connectivity index (χ1v) is 6.90. The van der Waals surface area contributed by atoms with E-state index < -0.39 is 0 Å². The molecule has 0 aliphatic rings. The number of para-hydroxylation sites is 1. The van der Waals surface area contributed by atoms with Gasteiger partial charge in [0.05, 0.1) is 5.52 Å². The number of hydrogen-bond acceptors (Lipinski definition) is 2. The lowest BCUT2D eigenvalue weighted by atomic mass is 9.98. The summed E-state index contributed by atoms with van der Waals surface area (Å²) in [5.41, 5.74) is 10.8.